The first-order chi connectivity index (χ1) is 9.29. The fourth-order valence-corrected chi connectivity index (χ4v) is 2.15. The van der Waals surface area contributed by atoms with Crippen LogP contribution in [0.15, 0.2) is 5.38 Å². The van der Waals surface area contributed by atoms with Crippen molar-refractivity contribution in [2.45, 2.75) is 26.2 Å². The molecule has 0 aliphatic rings. The third kappa shape index (κ3) is 5.98. The first-order valence-corrected chi connectivity index (χ1v) is 6.97. The van der Waals surface area contributed by atoms with Crippen LogP contribution in [0, 0.1) is 0 Å². The fraction of sp³-hybridized carbons (Fsp3) is 0.583. The lowest BCUT2D eigenvalue weighted by Gasteiger charge is -2.14. The summed E-state index contributed by atoms with van der Waals surface area (Å²) >= 11 is 1.36. The average Bonchev–Trinajstić information content (AvgIpc) is 2.76. The number of aliphatic carboxylic acids is 1. The lowest BCUT2D eigenvalue weighted by Crippen LogP contribution is -2.32. The Labute approximate surface area is 121 Å². The maximum atomic E-state index is 11.5. The van der Waals surface area contributed by atoms with E-state index in [-0.39, 0.29) is 25.2 Å². The number of carboxylic acids is 1. The van der Waals surface area contributed by atoms with E-state index in [1.165, 1.54) is 11.3 Å². The van der Waals surface area contributed by atoms with Crippen molar-refractivity contribution in [3.05, 3.63) is 11.1 Å². The molecule has 20 heavy (non-hydrogen) atoms. The Balaban J connectivity index is 2.29. The fourth-order valence-electron chi connectivity index (χ4n) is 1.21. The van der Waals surface area contributed by atoms with Gasteiger partial charge in [0.15, 0.2) is 5.13 Å². The van der Waals surface area contributed by atoms with Gasteiger partial charge >= 0.3 is 12.0 Å². The van der Waals surface area contributed by atoms with Crippen LogP contribution in [-0.4, -0.2) is 41.8 Å². The molecule has 0 aliphatic heterocycles. The first-order valence-electron chi connectivity index (χ1n) is 6.09. The number of anilines is 1. The van der Waals surface area contributed by atoms with Gasteiger partial charge in [0.05, 0.1) is 12.3 Å². The van der Waals surface area contributed by atoms with E-state index < -0.39 is 12.0 Å². The van der Waals surface area contributed by atoms with Crippen LogP contribution in [0.4, 0.5) is 9.93 Å². The molecule has 8 heteroatoms. The lowest BCUT2D eigenvalue weighted by atomic mass is 9.93. The Morgan fingerprint density at radius 2 is 2.15 bits per heavy atom. The number of thiazole rings is 1. The van der Waals surface area contributed by atoms with Gasteiger partial charge in [-0.2, -0.15) is 0 Å². The van der Waals surface area contributed by atoms with Crippen molar-refractivity contribution < 1.29 is 19.4 Å². The normalized spacial score (nSPS) is 11.2. The number of amides is 2. The van der Waals surface area contributed by atoms with E-state index in [2.05, 4.69) is 15.6 Å². The smallest absolute Gasteiger partial charge is 0.329 e. The van der Waals surface area contributed by atoms with Crippen molar-refractivity contribution in [3.63, 3.8) is 0 Å². The van der Waals surface area contributed by atoms with E-state index in [1.54, 1.807) is 0 Å². The van der Waals surface area contributed by atoms with Crippen LogP contribution in [0.5, 0.6) is 0 Å². The predicted molar refractivity (Wildman–Crippen MR) is 76.3 cm³/mol. The van der Waals surface area contributed by atoms with Crippen LogP contribution in [0.25, 0.3) is 0 Å². The van der Waals surface area contributed by atoms with Crippen LogP contribution in [-0.2, 0) is 14.9 Å². The van der Waals surface area contributed by atoms with E-state index in [9.17, 15) is 9.59 Å². The van der Waals surface area contributed by atoms with Crippen molar-refractivity contribution in [1.29, 1.82) is 0 Å². The molecule has 112 valence electrons. The number of carboxylic acid groups (broad SMARTS) is 1. The molecule has 0 saturated carbocycles. The number of carbonyl (C=O) groups is 2. The minimum atomic E-state index is -1.04. The third-order valence-corrected chi connectivity index (χ3v) is 3.01. The van der Waals surface area contributed by atoms with Gasteiger partial charge in [-0.15, -0.1) is 11.3 Å². The SMILES string of the molecule is CC(C)(C)c1csc(NC(=O)NCCOCC(=O)O)n1. The molecule has 0 radical (unpaired) electrons. The van der Waals surface area contributed by atoms with Crippen molar-refractivity contribution in [2.24, 2.45) is 0 Å². The second-order valence-corrected chi connectivity index (χ2v) is 5.97. The molecule has 3 N–H and O–H groups in total. The van der Waals surface area contributed by atoms with E-state index >= 15 is 0 Å². The first kappa shape index (κ1) is 16.4. The Hall–Kier alpha value is -1.67. The summed E-state index contributed by atoms with van der Waals surface area (Å²) in [6.45, 7) is 6.15. The number of ether oxygens (including phenoxy) is 1. The molecule has 0 fully saturated rings. The molecule has 1 aromatic rings. The molecule has 7 nitrogen and oxygen atoms in total. The molecule has 0 aromatic carbocycles. The van der Waals surface area contributed by atoms with Gasteiger partial charge in [-0.1, -0.05) is 20.8 Å². The average molecular weight is 301 g/mol. The van der Waals surface area contributed by atoms with Crippen LogP contribution in [0.1, 0.15) is 26.5 Å². The summed E-state index contributed by atoms with van der Waals surface area (Å²) in [5, 5.41) is 16.0. The van der Waals surface area contributed by atoms with Gasteiger partial charge in [0.25, 0.3) is 0 Å². The summed E-state index contributed by atoms with van der Waals surface area (Å²) in [5.74, 6) is -1.04. The molecular formula is C12H19N3O4S. The molecule has 0 spiro atoms. The lowest BCUT2D eigenvalue weighted by molar-refractivity contribution is -0.142. The second-order valence-electron chi connectivity index (χ2n) is 5.12. The van der Waals surface area contributed by atoms with Gasteiger partial charge in [0, 0.05) is 17.3 Å². The highest BCUT2D eigenvalue weighted by Gasteiger charge is 2.17. The highest BCUT2D eigenvalue weighted by molar-refractivity contribution is 7.13. The summed E-state index contributed by atoms with van der Waals surface area (Å²) in [6, 6.07) is -0.390. The summed E-state index contributed by atoms with van der Waals surface area (Å²) < 4.78 is 4.79. The second kappa shape index (κ2) is 7.20. The van der Waals surface area contributed by atoms with Gasteiger partial charge in [0.2, 0.25) is 0 Å². The van der Waals surface area contributed by atoms with E-state index in [1.807, 2.05) is 26.2 Å². The van der Waals surface area contributed by atoms with Crippen LogP contribution < -0.4 is 10.6 Å². The monoisotopic (exact) mass is 301 g/mol. The number of urea groups is 1. The molecule has 2 amide bonds. The summed E-state index contributed by atoms with van der Waals surface area (Å²) in [7, 11) is 0. The van der Waals surface area contributed by atoms with Gasteiger partial charge in [-0.05, 0) is 0 Å². The van der Waals surface area contributed by atoms with Gasteiger partial charge in [-0.25, -0.2) is 14.6 Å². The van der Waals surface area contributed by atoms with E-state index in [0.717, 1.165) is 5.69 Å². The molecule has 1 rings (SSSR count). The predicted octanol–water partition coefficient (Wildman–Crippen LogP) is 1.66. The van der Waals surface area contributed by atoms with Gasteiger partial charge in [-0.3, -0.25) is 5.32 Å². The third-order valence-electron chi connectivity index (χ3n) is 2.25. The maximum absolute atomic E-state index is 11.5. The quantitative estimate of drug-likeness (QED) is 0.694. The number of hydrogen-bond acceptors (Lipinski definition) is 5. The van der Waals surface area contributed by atoms with Crippen LogP contribution in [0.3, 0.4) is 0 Å². The summed E-state index contributed by atoms with van der Waals surface area (Å²) in [5.41, 5.74) is 0.861. The number of nitrogens with one attached hydrogen (secondary N) is 2. The van der Waals surface area contributed by atoms with Gasteiger partial charge < -0.3 is 15.2 Å². The molecule has 0 bridgehead atoms. The van der Waals surface area contributed by atoms with Crippen molar-refractivity contribution in [2.75, 3.05) is 25.1 Å². The van der Waals surface area contributed by atoms with Crippen LogP contribution in [0.2, 0.25) is 0 Å². The highest BCUT2D eigenvalue weighted by atomic mass is 32.1. The summed E-state index contributed by atoms with van der Waals surface area (Å²) in [4.78, 5) is 26.1. The number of aromatic nitrogens is 1. The Morgan fingerprint density at radius 3 is 2.70 bits per heavy atom. The Kier molecular flexibility index (Phi) is 5.90. The number of carbonyl (C=O) groups excluding carboxylic acids is 1. The Bertz CT molecular complexity index is 468. The minimum absolute atomic E-state index is 0.0580. The zero-order chi connectivity index (χ0) is 15.2. The largest absolute Gasteiger partial charge is 0.480 e. The summed E-state index contributed by atoms with van der Waals surface area (Å²) in [6.07, 6.45) is 0. The van der Waals surface area contributed by atoms with E-state index in [4.69, 9.17) is 9.84 Å². The zero-order valence-electron chi connectivity index (χ0n) is 11.7. The molecule has 0 saturated heterocycles. The topological polar surface area (TPSA) is 101 Å². The van der Waals surface area contributed by atoms with E-state index in [0.29, 0.717) is 5.13 Å². The number of rotatable bonds is 6. The standard InChI is InChI=1S/C12H19N3O4S/c1-12(2,3)8-7-20-11(14-8)15-10(18)13-4-5-19-6-9(16)17/h7H,4-6H2,1-3H3,(H,16,17)(H2,13,14,15,18). The molecule has 0 unspecified atom stereocenters. The maximum Gasteiger partial charge on any atom is 0.329 e. The van der Waals surface area contributed by atoms with Crippen molar-refractivity contribution in [3.8, 4) is 0 Å². The zero-order valence-corrected chi connectivity index (χ0v) is 12.5. The Morgan fingerprint density at radius 1 is 1.45 bits per heavy atom. The molecule has 1 aromatic heterocycles. The highest BCUT2D eigenvalue weighted by Crippen LogP contribution is 2.26. The van der Waals surface area contributed by atoms with Crippen molar-refractivity contribution in [1.82, 2.24) is 10.3 Å². The molecule has 0 aliphatic carbocycles. The van der Waals surface area contributed by atoms with Gasteiger partial charge in [0.1, 0.15) is 6.61 Å². The molecular weight excluding hydrogens is 282 g/mol. The number of hydrogen-bond donors (Lipinski definition) is 3. The molecule has 0 atom stereocenters. The van der Waals surface area contributed by atoms with Crippen molar-refractivity contribution >= 4 is 28.5 Å². The minimum Gasteiger partial charge on any atom is -0.480 e. The molecule has 1 heterocycles. The number of nitrogens with zero attached hydrogens (tertiary/aromatic N) is 1. The van der Waals surface area contributed by atoms with Crippen LogP contribution >= 0.6 is 11.3 Å².